The molecule has 1 heterocycles. The van der Waals surface area contributed by atoms with Crippen molar-refractivity contribution in [1.29, 1.82) is 0 Å². The maximum absolute atomic E-state index is 3.31. The van der Waals surface area contributed by atoms with Crippen molar-refractivity contribution in [1.82, 2.24) is 20.6 Å². The van der Waals surface area contributed by atoms with Crippen molar-refractivity contribution >= 4 is 59.1 Å². The van der Waals surface area contributed by atoms with Gasteiger partial charge in [-0.15, -0.1) is 5.10 Å². The molecule has 30 valence electrons. The molecule has 0 aliphatic rings. The summed E-state index contributed by atoms with van der Waals surface area (Å²) in [7, 11) is 0. The van der Waals surface area contributed by atoms with Crippen molar-refractivity contribution in [2.24, 2.45) is 0 Å². The Labute approximate surface area is 85.0 Å². The summed E-state index contributed by atoms with van der Waals surface area (Å²) < 4.78 is 0. The minimum atomic E-state index is 0. The third kappa shape index (κ3) is 4.93. The first-order chi connectivity index (χ1) is 2.50. The van der Waals surface area contributed by atoms with Crippen LogP contribution in [0, 0.1) is 0 Å². The molecule has 1 N–H and O–H groups in total. The molecule has 6 heteroatoms. The minimum Gasteiger partial charge on any atom is -0.246 e. The minimum absolute atomic E-state index is 0. The van der Waals surface area contributed by atoms with E-state index in [1.807, 2.05) is 0 Å². The van der Waals surface area contributed by atoms with E-state index in [1.165, 1.54) is 6.33 Å². The monoisotopic (exact) mass is 118 g/mol. The number of nitrogens with zero attached hydrogens (tertiary/aromatic N) is 3. The van der Waals surface area contributed by atoms with Gasteiger partial charge in [-0.25, -0.2) is 5.10 Å². The third-order valence-corrected chi connectivity index (χ3v) is 0.270. The molecule has 0 saturated heterocycles. The Hall–Kier alpha value is 1.07. The summed E-state index contributed by atoms with van der Waals surface area (Å²) >= 11 is 0. The fraction of sp³-hybridized carbons (Fsp3) is 0. The van der Waals surface area contributed by atoms with Gasteiger partial charge in [0.25, 0.3) is 0 Å². The van der Waals surface area contributed by atoms with E-state index in [4.69, 9.17) is 0 Å². The zero-order chi connectivity index (χ0) is 3.54. The van der Waals surface area contributed by atoms with E-state index in [0.717, 1.165) is 0 Å². The average molecular weight is 118 g/mol. The smallest absolute Gasteiger partial charge is 0.135 e. The summed E-state index contributed by atoms with van der Waals surface area (Å²) in [6.07, 6.45) is 1.40. The van der Waals surface area contributed by atoms with Crippen LogP contribution in [0.2, 0.25) is 0 Å². The molecule has 0 saturated carbocycles. The number of tetrazole rings is 1. The van der Waals surface area contributed by atoms with Crippen molar-refractivity contribution < 1.29 is 0 Å². The molecule has 0 fully saturated rings. The van der Waals surface area contributed by atoms with E-state index in [9.17, 15) is 0 Å². The number of hydrogen-bond acceptors (Lipinski definition) is 3. The van der Waals surface area contributed by atoms with Crippen molar-refractivity contribution in [2.45, 2.75) is 0 Å². The van der Waals surface area contributed by atoms with E-state index >= 15 is 0 Å². The fourth-order valence-electron chi connectivity index (χ4n) is 0.129. The van der Waals surface area contributed by atoms with E-state index in [2.05, 4.69) is 20.6 Å². The van der Waals surface area contributed by atoms with Gasteiger partial charge >= 0.3 is 59.1 Å². The Bertz CT molecular complexity index is 66.2. The summed E-state index contributed by atoms with van der Waals surface area (Å²) in [5, 5.41) is 12.1. The number of aromatic amines is 1. The molecule has 0 spiro atoms. The second-order valence-electron chi connectivity index (χ2n) is 0.563. The molecular formula is CH4N4Na2. The maximum Gasteiger partial charge on any atom is 0.135 e. The van der Waals surface area contributed by atoms with Crippen LogP contribution in [0.5, 0.6) is 0 Å². The quantitative estimate of drug-likeness (QED) is 0.397. The van der Waals surface area contributed by atoms with Crippen LogP contribution in [0.4, 0.5) is 0 Å². The molecule has 4 nitrogen and oxygen atoms in total. The van der Waals surface area contributed by atoms with Gasteiger partial charge in [-0.2, -0.15) is 0 Å². The molecule has 0 amide bonds. The first-order valence-corrected chi connectivity index (χ1v) is 1.17. The number of H-pyrrole nitrogens is 1. The number of rotatable bonds is 0. The summed E-state index contributed by atoms with van der Waals surface area (Å²) in [5.41, 5.74) is 0. The molecule has 0 aliphatic heterocycles. The van der Waals surface area contributed by atoms with Gasteiger partial charge in [-0.1, -0.05) is 0 Å². The molecule has 1 aromatic heterocycles. The zero-order valence-corrected chi connectivity index (χ0v) is 2.42. The number of hydrogen-bond donors (Lipinski definition) is 1. The Morgan fingerprint density at radius 3 is 2.14 bits per heavy atom. The van der Waals surface area contributed by atoms with Gasteiger partial charge < -0.3 is 0 Å². The van der Waals surface area contributed by atoms with Gasteiger partial charge in [0.2, 0.25) is 0 Å². The van der Waals surface area contributed by atoms with Crippen molar-refractivity contribution in [3.05, 3.63) is 6.33 Å². The number of aromatic nitrogens is 4. The van der Waals surface area contributed by atoms with E-state index in [1.54, 1.807) is 0 Å². The summed E-state index contributed by atoms with van der Waals surface area (Å²) in [6.45, 7) is 0. The standard InChI is InChI=1S/CH2N4.2Na.2H/c1-2-4-5-3-1;;;;/h1H,(H,2,3,4,5);;;;. The molecule has 0 atom stereocenters. The predicted octanol–water partition coefficient (Wildman–Crippen LogP) is -2.10. The van der Waals surface area contributed by atoms with Gasteiger partial charge in [-0.3, -0.25) is 0 Å². The summed E-state index contributed by atoms with van der Waals surface area (Å²) in [6, 6.07) is 0. The van der Waals surface area contributed by atoms with Gasteiger partial charge in [0, 0.05) is 0 Å². The van der Waals surface area contributed by atoms with Crippen molar-refractivity contribution in [2.75, 3.05) is 0 Å². The van der Waals surface area contributed by atoms with Gasteiger partial charge in [0.1, 0.15) is 6.33 Å². The van der Waals surface area contributed by atoms with Crippen LogP contribution in [0.15, 0.2) is 6.33 Å². The average Bonchev–Trinajstić information content (AvgIpc) is 1.76. The zero-order valence-electron chi connectivity index (χ0n) is 2.42. The van der Waals surface area contributed by atoms with Crippen LogP contribution in [0.3, 0.4) is 0 Å². The van der Waals surface area contributed by atoms with Crippen LogP contribution in [0.25, 0.3) is 0 Å². The van der Waals surface area contributed by atoms with Crippen LogP contribution < -0.4 is 0 Å². The first-order valence-electron chi connectivity index (χ1n) is 1.17. The van der Waals surface area contributed by atoms with Gasteiger partial charge in [0.05, 0.1) is 0 Å². The van der Waals surface area contributed by atoms with Crippen LogP contribution >= 0.6 is 0 Å². The molecule has 0 aromatic carbocycles. The summed E-state index contributed by atoms with van der Waals surface area (Å²) in [4.78, 5) is 0. The molecule has 0 radical (unpaired) electrons. The first kappa shape index (κ1) is 10.9. The molecular weight excluding hydrogens is 114 g/mol. The van der Waals surface area contributed by atoms with Crippen LogP contribution in [-0.2, 0) is 0 Å². The van der Waals surface area contributed by atoms with Gasteiger partial charge in [-0.05, 0) is 10.4 Å². The van der Waals surface area contributed by atoms with E-state index in [-0.39, 0.29) is 59.1 Å². The Morgan fingerprint density at radius 1 is 1.29 bits per heavy atom. The third-order valence-electron chi connectivity index (χ3n) is 0.270. The summed E-state index contributed by atoms with van der Waals surface area (Å²) in [5.74, 6) is 0. The Kier molecular flexibility index (Phi) is 11.1. The predicted molar refractivity (Wildman–Crippen MR) is 28.5 cm³/mol. The Morgan fingerprint density at radius 2 is 2.00 bits per heavy atom. The number of nitrogens with one attached hydrogen (secondary N) is 1. The fourth-order valence-corrected chi connectivity index (χ4v) is 0.129. The molecule has 1 aromatic rings. The SMILES string of the molecule is [NaH].[NaH].c1nnn[nH]1. The molecule has 0 aliphatic carbocycles. The second-order valence-corrected chi connectivity index (χ2v) is 0.563. The van der Waals surface area contributed by atoms with Crippen molar-refractivity contribution in [3.8, 4) is 0 Å². The van der Waals surface area contributed by atoms with Crippen LogP contribution in [-0.4, -0.2) is 79.7 Å². The van der Waals surface area contributed by atoms with Crippen LogP contribution in [0.1, 0.15) is 0 Å². The topological polar surface area (TPSA) is 54.5 Å². The second kappa shape index (κ2) is 7.07. The molecule has 0 unspecified atom stereocenters. The van der Waals surface area contributed by atoms with E-state index in [0.29, 0.717) is 0 Å². The molecule has 1 rings (SSSR count). The largest absolute Gasteiger partial charge is 0.246 e. The van der Waals surface area contributed by atoms with Gasteiger partial charge in [0.15, 0.2) is 0 Å². The Balaban J connectivity index is 0. The van der Waals surface area contributed by atoms with E-state index < -0.39 is 0 Å². The normalized spacial score (nSPS) is 5.71. The molecule has 7 heavy (non-hydrogen) atoms. The molecule has 0 bridgehead atoms. The maximum atomic E-state index is 3.31. The van der Waals surface area contributed by atoms with Crippen molar-refractivity contribution in [3.63, 3.8) is 0 Å².